The molecule has 0 spiro atoms. The van der Waals surface area contributed by atoms with Gasteiger partial charge in [-0.05, 0) is 67.5 Å². The van der Waals surface area contributed by atoms with E-state index in [9.17, 15) is 19.5 Å². The summed E-state index contributed by atoms with van der Waals surface area (Å²) >= 11 is 0. The highest BCUT2D eigenvalue weighted by molar-refractivity contribution is 5.85. The molecule has 0 bridgehead atoms. The Morgan fingerprint density at radius 2 is 1.63 bits per heavy atom. The Labute approximate surface area is 239 Å². The monoisotopic (exact) mass is 559 g/mol. The topological polar surface area (TPSA) is 121 Å². The van der Waals surface area contributed by atoms with E-state index in [4.69, 9.17) is 9.47 Å². The zero-order valence-corrected chi connectivity index (χ0v) is 23.7. The fraction of sp³-hybridized carbons (Fsp3) is 0.406. The third-order valence-corrected chi connectivity index (χ3v) is 7.73. The summed E-state index contributed by atoms with van der Waals surface area (Å²) in [4.78, 5) is 42.4. The van der Waals surface area contributed by atoms with Gasteiger partial charge in [0.2, 0.25) is 0 Å². The first-order valence-corrected chi connectivity index (χ1v) is 14.1. The molecule has 2 aliphatic rings. The quantitative estimate of drug-likeness (QED) is 0.312. The molecular formula is C32H37N3O6. The van der Waals surface area contributed by atoms with E-state index >= 15 is 0 Å². The molecule has 9 heteroatoms. The lowest BCUT2D eigenvalue weighted by molar-refractivity contribution is 0.0367. The Morgan fingerprint density at radius 3 is 2.24 bits per heavy atom. The van der Waals surface area contributed by atoms with Crippen LogP contribution >= 0.6 is 0 Å². The normalized spacial score (nSPS) is 18.2. The highest BCUT2D eigenvalue weighted by atomic mass is 16.6. The Morgan fingerprint density at radius 1 is 1.00 bits per heavy atom. The van der Waals surface area contributed by atoms with Gasteiger partial charge in [0.1, 0.15) is 17.9 Å². The van der Waals surface area contributed by atoms with E-state index < -0.39 is 23.8 Å². The molecule has 2 atom stereocenters. The molecule has 41 heavy (non-hydrogen) atoms. The Hall–Kier alpha value is -4.27. The fourth-order valence-electron chi connectivity index (χ4n) is 5.96. The standard InChI is InChI=1S/C32H37N3O6/c1-32(2,3)41-30(38)34-26-14-8-9-15-28(26)35(18-20-16-27(29(36)37)33-17-20)31(39)40-19-25-23-12-6-4-10-21(23)22-11-5-7-13-24(22)25/h4-7,10-13,16-17,25-26,28,33H,8-9,14-15,18-19H2,1-3H3,(H,34,38)(H,36,37)/t26-,28-/m1/s1. The average Bonchev–Trinajstić information content (AvgIpc) is 3.53. The van der Waals surface area contributed by atoms with Gasteiger partial charge in [-0.15, -0.1) is 0 Å². The number of H-pyrrole nitrogens is 1. The molecule has 1 saturated carbocycles. The van der Waals surface area contributed by atoms with Gasteiger partial charge >= 0.3 is 18.2 Å². The average molecular weight is 560 g/mol. The first-order chi connectivity index (χ1) is 19.6. The number of hydrogen-bond donors (Lipinski definition) is 3. The van der Waals surface area contributed by atoms with E-state index in [-0.39, 0.29) is 36.8 Å². The van der Waals surface area contributed by atoms with Crippen LogP contribution in [0.2, 0.25) is 0 Å². The maximum absolute atomic E-state index is 13.9. The molecule has 3 N–H and O–H groups in total. The first-order valence-electron chi connectivity index (χ1n) is 14.1. The molecule has 2 aromatic carbocycles. The molecule has 0 unspecified atom stereocenters. The molecule has 2 aliphatic carbocycles. The second-order valence-electron chi connectivity index (χ2n) is 11.8. The van der Waals surface area contributed by atoms with Gasteiger partial charge in [0.25, 0.3) is 0 Å². The maximum atomic E-state index is 13.9. The summed E-state index contributed by atoms with van der Waals surface area (Å²) in [5, 5.41) is 12.4. The number of benzene rings is 2. The Balaban J connectivity index is 1.38. The van der Waals surface area contributed by atoms with Gasteiger partial charge in [-0.2, -0.15) is 0 Å². The lowest BCUT2D eigenvalue weighted by Gasteiger charge is -2.39. The SMILES string of the molecule is CC(C)(C)OC(=O)N[C@@H]1CCCC[C@H]1N(Cc1c[nH]c(C(=O)O)c1)C(=O)OCC1c2ccccc2-c2ccccc21. The van der Waals surface area contributed by atoms with E-state index in [2.05, 4.69) is 34.6 Å². The van der Waals surface area contributed by atoms with Crippen LogP contribution in [0, 0.1) is 0 Å². The van der Waals surface area contributed by atoms with Crippen LogP contribution in [0.5, 0.6) is 0 Å². The number of nitrogens with one attached hydrogen (secondary N) is 2. The van der Waals surface area contributed by atoms with Gasteiger partial charge in [0.05, 0.1) is 18.6 Å². The van der Waals surface area contributed by atoms with Crippen LogP contribution < -0.4 is 5.32 Å². The van der Waals surface area contributed by atoms with Gasteiger partial charge < -0.3 is 24.9 Å². The Bertz CT molecular complexity index is 1380. The minimum atomic E-state index is -1.08. The van der Waals surface area contributed by atoms with Crippen molar-refractivity contribution in [3.63, 3.8) is 0 Å². The summed E-state index contributed by atoms with van der Waals surface area (Å²) in [6, 6.07) is 17.1. The summed E-state index contributed by atoms with van der Waals surface area (Å²) < 4.78 is 11.5. The zero-order chi connectivity index (χ0) is 29.1. The number of amides is 2. The van der Waals surface area contributed by atoms with Gasteiger partial charge in [-0.3, -0.25) is 4.90 Å². The van der Waals surface area contributed by atoms with Crippen LogP contribution in [0.1, 0.15) is 79.6 Å². The van der Waals surface area contributed by atoms with Crippen LogP contribution in [-0.4, -0.2) is 57.4 Å². The highest BCUT2D eigenvalue weighted by Crippen LogP contribution is 2.44. The van der Waals surface area contributed by atoms with E-state index in [0.29, 0.717) is 18.4 Å². The number of carbonyl (C=O) groups is 3. The van der Waals surface area contributed by atoms with Crippen molar-refractivity contribution >= 4 is 18.2 Å². The minimum absolute atomic E-state index is 0.0413. The number of ether oxygens (including phenoxy) is 2. The second kappa shape index (κ2) is 11.7. The summed E-state index contributed by atoms with van der Waals surface area (Å²) in [6.45, 7) is 5.71. The number of rotatable bonds is 7. The second-order valence-corrected chi connectivity index (χ2v) is 11.8. The molecule has 1 aromatic heterocycles. The molecule has 0 aliphatic heterocycles. The van der Waals surface area contributed by atoms with Crippen molar-refractivity contribution in [3.05, 3.63) is 83.2 Å². The van der Waals surface area contributed by atoms with Crippen molar-refractivity contribution in [3.8, 4) is 11.1 Å². The number of nitrogens with zero attached hydrogens (tertiary/aromatic N) is 1. The van der Waals surface area contributed by atoms with Gasteiger partial charge in [-0.1, -0.05) is 61.4 Å². The number of carboxylic acids is 1. The molecule has 216 valence electrons. The van der Waals surface area contributed by atoms with Crippen LogP contribution in [0.4, 0.5) is 9.59 Å². The number of aromatic nitrogens is 1. The third kappa shape index (κ3) is 6.39. The van der Waals surface area contributed by atoms with Crippen molar-refractivity contribution in [2.24, 2.45) is 0 Å². The van der Waals surface area contributed by atoms with Crippen molar-refractivity contribution in [2.45, 2.75) is 76.6 Å². The smallest absolute Gasteiger partial charge is 0.410 e. The van der Waals surface area contributed by atoms with E-state index in [0.717, 1.165) is 35.1 Å². The van der Waals surface area contributed by atoms with E-state index in [1.54, 1.807) is 31.9 Å². The highest BCUT2D eigenvalue weighted by Gasteiger charge is 2.37. The largest absolute Gasteiger partial charge is 0.477 e. The molecular weight excluding hydrogens is 522 g/mol. The van der Waals surface area contributed by atoms with Crippen LogP contribution in [-0.2, 0) is 16.0 Å². The van der Waals surface area contributed by atoms with Crippen molar-refractivity contribution in [2.75, 3.05) is 6.61 Å². The minimum Gasteiger partial charge on any atom is -0.477 e. The molecule has 5 rings (SSSR count). The number of fused-ring (bicyclic) bond motifs is 3. The third-order valence-electron chi connectivity index (χ3n) is 7.73. The molecule has 9 nitrogen and oxygen atoms in total. The molecule has 3 aromatic rings. The predicted octanol–water partition coefficient (Wildman–Crippen LogP) is 6.30. The van der Waals surface area contributed by atoms with Crippen LogP contribution in [0.15, 0.2) is 60.8 Å². The summed E-state index contributed by atoms with van der Waals surface area (Å²) in [5.41, 5.74) is 4.54. The summed E-state index contributed by atoms with van der Waals surface area (Å²) in [7, 11) is 0. The van der Waals surface area contributed by atoms with Crippen LogP contribution in [0.3, 0.4) is 0 Å². The predicted molar refractivity (Wildman–Crippen MR) is 154 cm³/mol. The van der Waals surface area contributed by atoms with Crippen molar-refractivity contribution in [1.29, 1.82) is 0 Å². The first kappa shape index (κ1) is 28.3. The van der Waals surface area contributed by atoms with Crippen molar-refractivity contribution < 1.29 is 29.0 Å². The number of carbonyl (C=O) groups excluding carboxylic acids is 2. The Kier molecular flexibility index (Phi) is 8.06. The lowest BCUT2D eigenvalue weighted by atomic mass is 9.89. The number of hydrogen-bond acceptors (Lipinski definition) is 5. The molecule has 1 fully saturated rings. The summed E-state index contributed by atoms with van der Waals surface area (Å²) in [5.74, 6) is -1.17. The van der Waals surface area contributed by atoms with Gasteiger partial charge in [-0.25, -0.2) is 14.4 Å². The fourth-order valence-corrected chi connectivity index (χ4v) is 5.96. The summed E-state index contributed by atoms with van der Waals surface area (Å²) in [6.07, 6.45) is 3.70. The van der Waals surface area contributed by atoms with Crippen LogP contribution in [0.25, 0.3) is 11.1 Å². The van der Waals surface area contributed by atoms with Gasteiger partial charge in [0, 0.05) is 12.1 Å². The van der Waals surface area contributed by atoms with Gasteiger partial charge in [0.15, 0.2) is 0 Å². The number of carboxylic acid groups (broad SMARTS) is 1. The molecule has 0 saturated heterocycles. The molecule has 0 radical (unpaired) electrons. The number of aromatic carboxylic acids is 1. The molecule has 2 amide bonds. The zero-order valence-electron chi connectivity index (χ0n) is 23.7. The molecule has 1 heterocycles. The number of alkyl carbamates (subject to hydrolysis) is 1. The van der Waals surface area contributed by atoms with E-state index in [1.807, 2.05) is 24.3 Å². The van der Waals surface area contributed by atoms with E-state index in [1.165, 1.54) is 6.07 Å². The number of aromatic amines is 1. The lowest BCUT2D eigenvalue weighted by Crippen LogP contribution is -2.55. The van der Waals surface area contributed by atoms with Crippen molar-refractivity contribution in [1.82, 2.24) is 15.2 Å². The maximum Gasteiger partial charge on any atom is 0.410 e.